The maximum absolute atomic E-state index is 13.4. The van der Waals surface area contributed by atoms with E-state index in [2.05, 4.69) is 15.0 Å². The number of anilines is 2. The second kappa shape index (κ2) is 12.0. The molecule has 2 N–H and O–H groups in total. The van der Waals surface area contributed by atoms with Gasteiger partial charge in [0.25, 0.3) is 0 Å². The Hall–Kier alpha value is -3.48. The smallest absolute Gasteiger partial charge is 0.340 e. The van der Waals surface area contributed by atoms with E-state index >= 15 is 0 Å². The highest BCUT2D eigenvalue weighted by Gasteiger charge is 2.48. The number of hydrogen-bond acceptors (Lipinski definition) is 9. The van der Waals surface area contributed by atoms with Gasteiger partial charge in [0.1, 0.15) is 40.0 Å². The lowest BCUT2D eigenvalue weighted by atomic mass is 9.84. The molecule has 246 valence electrons. The standard InChI is InChI=1S/C34H42FN5O5S/c1-8-26(39-46(43)33(3,4)5)20-9-11-27(44-19-16-40(17-19)31(41)23-13-25(23)35)24-15-36-29(14-22(20)24)37-28-12-10-21-30(38-28)18(2)34(6,7)45-32(21)42/h9-12,14-15,18-19,23,25-26,39H,8,13,16-17H2,1-7H3,(H,36,37,38)/t18-,23-,25+,26+,46+/m1/s1. The molecule has 4 heterocycles. The van der Waals surface area contributed by atoms with Crippen LogP contribution in [0.3, 0.4) is 0 Å². The van der Waals surface area contributed by atoms with E-state index in [1.54, 1.807) is 23.2 Å². The average molecular weight is 652 g/mol. The van der Waals surface area contributed by atoms with E-state index < -0.39 is 33.8 Å². The van der Waals surface area contributed by atoms with Gasteiger partial charge in [-0.3, -0.25) is 4.79 Å². The molecule has 1 aromatic carbocycles. The molecule has 10 nitrogen and oxygen atoms in total. The summed E-state index contributed by atoms with van der Waals surface area (Å²) in [5.74, 6) is 0.571. The van der Waals surface area contributed by atoms with Crippen LogP contribution in [0.1, 0.15) is 94.9 Å². The van der Waals surface area contributed by atoms with Gasteiger partial charge in [-0.15, -0.1) is 4.72 Å². The number of alkyl halides is 1. The monoisotopic (exact) mass is 651 g/mol. The number of cyclic esters (lactones) is 1. The number of rotatable bonds is 9. The third kappa shape index (κ3) is 6.26. The molecule has 1 aliphatic carbocycles. The first kappa shape index (κ1) is 32.5. The average Bonchev–Trinajstić information content (AvgIpc) is 3.71. The Bertz CT molecular complexity index is 1670. The van der Waals surface area contributed by atoms with Crippen molar-refractivity contribution in [2.75, 3.05) is 18.4 Å². The first-order valence-electron chi connectivity index (χ1n) is 15.9. The zero-order valence-electron chi connectivity index (χ0n) is 27.3. The highest BCUT2D eigenvalue weighted by molar-refractivity contribution is 7.90. The van der Waals surface area contributed by atoms with Gasteiger partial charge in [-0.1, -0.05) is 19.9 Å². The van der Waals surface area contributed by atoms with Crippen LogP contribution in [0.15, 0.2) is 36.5 Å². The number of fused-ring (bicyclic) bond motifs is 2. The molecule has 1 amide bonds. The number of nitrogens with one attached hydrogen (secondary N) is 2. The predicted molar refractivity (Wildman–Crippen MR) is 175 cm³/mol. The van der Waals surface area contributed by atoms with Crippen molar-refractivity contribution in [2.24, 2.45) is 5.92 Å². The Morgan fingerprint density at radius 1 is 1.22 bits per heavy atom. The Labute approximate surface area is 272 Å². The van der Waals surface area contributed by atoms with Crippen molar-refractivity contribution in [2.45, 2.75) is 95.9 Å². The zero-order valence-corrected chi connectivity index (χ0v) is 28.2. The van der Waals surface area contributed by atoms with Crippen molar-refractivity contribution in [3.8, 4) is 5.75 Å². The second-order valence-electron chi connectivity index (χ2n) is 14.0. The van der Waals surface area contributed by atoms with E-state index in [0.29, 0.717) is 54.6 Å². The minimum atomic E-state index is -1.30. The first-order chi connectivity index (χ1) is 21.7. The van der Waals surface area contributed by atoms with Crippen LogP contribution >= 0.6 is 0 Å². The molecule has 46 heavy (non-hydrogen) atoms. The molecule has 1 saturated heterocycles. The van der Waals surface area contributed by atoms with Gasteiger partial charge >= 0.3 is 5.97 Å². The highest BCUT2D eigenvalue weighted by atomic mass is 32.2. The van der Waals surface area contributed by atoms with Gasteiger partial charge in [-0.05, 0) is 82.7 Å². The van der Waals surface area contributed by atoms with Crippen LogP contribution in [0.4, 0.5) is 16.0 Å². The number of aromatic nitrogens is 2. The largest absolute Gasteiger partial charge is 0.598 e. The third-order valence-electron chi connectivity index (χ3n) is 9.18. The van der Waals surface area contributed by atoms with Crippen molar-refractivity contribution >= 4 is 45.6 Å². The van der Waals surface area contributed by atoms with Gasteiger partial charge in [-0.25, -0.2) is 19.2 Å². The summed E-state index contributed by atoms with van der Waals surface area (Å²) in [5.41, 5.74) is 1.38. The molecule has 2 aromatic heterocycles. The summed E-state index contributed by atoms with van der Waals surface area (Å²) in [7, 11) is 0. The number of ether oxygens (including phenoxy) is 2. The fraction of sp³-hybridized carbons (Fsp3) is 0.529. The fourth-order valence-electron chi connectivity index (χ4n) is 5.80. The van der Waals surface area contributed by atoms with Crippen molar-refractivity contribution in [3.63, 3.8) is 0 Å². The molecular formula is C34H42FN5O5S. The van der Waals surface area contributed by atoms with Gasteiger partial charge in [0, 0.05) is 28.9 Å². The molecule has 6 rings (SSSR count). The number of carbonyl (C=O) groups is 2. The lowest BCUT2D eigenvalue weighted by Gasteiger charge is -2.39. The Kier molecular flexibility index (Phi) is 8.43. The van der Waals surface area contributed by atoms with E-state index in [0.717, 1.165) is 16.3 Å². The fourth-order valence-corrected chi connectivity index (χ4v) is 6.71. The summed E-state index contributed by atoms with van der Waals surface area (Å²) in [6.07, 6.45) is 1.51. The minimum Gasteiger partial charge on any atom is -0.598 e. The van der Waals surface area contributed by atoms with Crippen molar-refractivity contribution in [3.05, 3.63) is 53.3 Å². The molecular weight excluding hydrogens is 609 g/mol. The Balaban J connectivity index is 1.31. The summed E-state index contributed by atoms with van der Waals surface area (Å²) in [6, 6.07) is 9.04. The molecule has 0 spiro atoms. The number of likely N-dealkylation sites (tertiary alicyclic amines) is 1. The first-order valence-corrected chi connectivity index (χ1v) is 17.0. The number of amides is 1. The number of carbonyl (C=O) groups excluding carboxylic acids is 2. The number of pyridine rings is 2. The second-order valence-corrected chi connectivity index (χ2v) is 16.0. The summed E-state index contributed by atoms with van der Waals surface area (Å²) in [5, 5.41) is 4.95. The third-order valence-corrected chi connectivity index (χ3v) is 10.8. The van der Waals surface area contributed by atoms with Crippen LogP contribution < -0.4 is 14.8 Å². The minimum absolute atomic E-state index is 0.113. The van der Waals surface area contributed by atoms with Crippen LogP contribution in [0.5, 0.6) is 5.75 Å². The van der Waals surface area contributed by atoms with Crippen molar-refractivity contribution < 1.29 is 28.0 Å². The number of halogens is 1. The quantitative estimate of drug-likeness (QED) is 0.215. The maximum atomic E-state index is 13.4. The summed E-state index contributed by atoms with van der Waals surface area (Å²) in [4.78, 5) is 36.1. The summed E-state index contributed by atoms with van der Waals surface area (Å²) in [6.45, 7) is 14.4. The van der Waals surface area contributed by atoms with Crippen molar-refractivity contribution in [1.29, 1.82) is 0 Å². The highest BCUT2D eigenvalue weighted by Crippen LogP contribution is 2.40. The lowest BCUT2D eigenvalue weighted by Crippen LogP contribution is -2.56. The van der Waals surface area contributed by atoms with Crippen molar-refractivity contribution in [1.82, 2.24) is 19.6 Å². The van der Waals surface area contributed by atoms with Gasteiger partial charge in [-0.2, -0.15) is 0 Å². The van der Waals surface area contributed by atoms with Gasteiger partial charge in [0.15, 0.2) is 0 Å². The number of hydrogen-bond donors (Lipinski definition) is 2. The summed E-state index contributed by atoms with van der Waals surface area (Å²) < 4.78 is 41.4. The van der Waals surface area contributed by atoms with Crippen LogP contribution in [0.25, 0.3) is 10.8 Å². The molecule has 0 unspecified atom stereocenters. The van der Waals surface area contributed by atoms with Crippen LogP contribution in [0.2, 0.25) is 0 Å². The van der Waals surface area contributed by atoms with E-state index in [1.165, 1.54) is 0 Å². The molecule has 0 bridgehead atoms. The zero-order chi connectivity index (χ0) is 33.1. The van der Waals surface area contributed by atoms with Crippen LogP contribution in [-0.2, 0) is 20.9 Å². The Morgan fingerprint density at radius 3 is 2.59 bits per heavy atom. The van der Waals surface area contributed by atoms with E-state index in [9.17, 15) is 18.5 Å². The van der Waals surface area contributed by atoms with Gasteiger partial charge in [0.05, 0.1) is 36.3 Å². The molecule has 3 aliphatic rings. The molecule has 0 radical (unpaired) electrons. The molecule has 12 heteroatoms. The Morgan fingerprint density at radius 2 is 1.93 bits per heavy atom. The molecule has 2 aliphatic heterocycles. The normalized spacial score (nSPS) is 23.6. The number of esters is 1. The molecule has 3 aromatic rings. The summed E-state index contributed by atoms with van der Waals surface area (Å²) >= 11 is -1.30. The maximum Gasteiger partial charge on any atom is 0.340 e. The van der Waals surface area contributed by atoms with Gasteiger partial charge < -0.3 is 24.2 Å². The van der Waals surface area contributed by atoms with E-state index in [4.69, 9.17) is 14.5 Å². The SMILES string of the molecule is CC[C@H](N[S@@+]([O-])C(C)(C)C)c1ccc(OC2CN(C(=O)[C@@H]3C[C@@H]3F)C2)c2cnc(Nc3ccc4c(n3)[C@@H](C)C(C)(C)OC4=O)cc12. The number of nitrogens with zero attached hydrogens (tertiary/aromatic N) is 3. The lowest BCUT2D eigenvalue weighted by molar-refractivity contribution is -0.141. The van der Waals surface area contributed by atoms with E-state index in [-0.39, 0.29) is 29.9 Å². The molecule has 2 fully saturated rings. The topological polar surface area (TPSA) is 129 Å². The van der Waals surface area contributed by atoms with Crippen LogP contribution in [-0.4, -0.2) is 67.0 Å². The molecule has 1 saturated carbocycles. The number of benzene rings is 1. The van der Waals surface area contributed by atoms with E-state index in [1.807, 2.05) is 66.7 Å². The van der Waals surface area contributed by atoms with Crippen LogP contribution in [0, 0.1) is 5.92 Å². The molecule has 5 atom stereocenters. The predicted octanol–water partition coefficient (Wildman–Crippen LogP) is 5.88. The van der Waals surface area contributed by atoms with Gasteiger partial charge in [0.2, 0.25) is 5.91 Å².